The molecule has 9 heteroatoms. The largest absolute Gasteiger partial charge is 0.382 e. The van der Waals surface area contributed by atoms with Crippen molar-refractivity contribution in [2.75, 3.05) is 12.3 Å². The molecule has 26 heavy (non-hydrogen) atoms. The summed E-state index contributed by atoms with van der Waals surface area (Å²) in [5.74, 6) is -0.172. The molecule has 0 amide bonds. The van der Waals surface area contributed by atoms with Gasteiger partial charge in [0.1, 0.15) is 0 Å². The molecule has 0 aliphatic carbocycles. The van der Waals surface area contributed by atoms with Crippen LogP contribution in [0.25, 0.3) is 10.9 Å². The van der Waals surface area contributed by atoms with Crippen molar-refractivity contribution in [3.8, 4) is 6.07 Å². The fourth-order valence-electron chi connectivity index (χ4n) is 2.47. The third kappa shape index (κ3) is 3.28. The lowest BCUT2D eigenvalue weighted by molar-refractivity contribution is 0.0950. The Morgan fingerprint density at radius 1 is 1.19 bits per heavy atom. The Bertz CT molecular complexity index is 1110. The highest BCUT2D eigenvalue weighted by Crippen LogP contribution is 2.21. The molecule has 3 aromatic rings. The van der Waals surface area contributed by atoms with Crippen LogP contribution in [-0.2, 0) is 10.0 Å². The minimum absolute atomic E-state index is 0.0110. The number of hydrogen-bond acceptors (Lipinski definition) is 6. The number of para-hydroxylation sites is 1. The molecule has 1 heterocycles. The number of benzene rings is 2. The zero-order valence-electron chi connectivity index (χ0n) is 13.6. The van der Waals surface area contributed by atoms with Gasteiger partial charge in [-0.25, -0.2) is 13.1 Å². The molecule has 0 radical (unpaired) electrons. The number of nitrogens with zero attached hydrogens (tertiary/aromatic N) is 3. The molecule has 3 rings (SSSR count). The van der Waals surface area contributed by atoms with Crippen LogP contribution >= 0.6 is 0 Å². The Kier molecular flexibility index (Phi) is 4.71. The van der Waals surface area contributed by atoms with E-state index in [0.29, 0.717) is 10.9 Å². The number of anilines is 1. The van der Waals surface area contributed by atoms with E-state index < -0.39 is 15.9 Å². The highest BCUT2D eigenvalue weighted by atomic mass is 32.2. The minimum Gasteiger partial charge on any atom is -0.382 e. The summed E-state index contributed by atoms with van der Waals surface area (Å²) in [6.07, 6.45) is 0.0730. The van der Waals surface area contributed by atoms with Gasteiger partial charge in [-0.1, -0.05) is 12.1 Å². The van der Waals surface area contributed by atoms with Gasteiger partial charge in [0.05, 0.1) is 16.5 Å². The van der Waals surface area contributed by atoms with Gasteiger partial charge in [0.25, 0.3) is 5.91 Å². The van der Waals surface area contributed by atoms with E-state index in [4.69, 9.17) is 11.0 Å². The molecule has 0 spiro atoms. The fourth-order valence-corrected chi connectivity index (χ4v) is 3.50. The Balaban J connectivity index is 1.89. The van der Waals surface area contributed by atoms with Crippen LogP contribution in [0.5, 0.6) is 0 Å². The third-order valence-electron chi connectivity index (χ3n) is 3.75. The van der Waals surface area contributed by atoms with Gasteiger partial charge in [0.2, 0.25) is 10.0 Å². The Labute approximate surface area is 149 Å². The van der Waals surface area contributed by atoms with Gasteiger partial charge in [-0.3, -0.25) is 4.79 Å². The van der Waals surface area contributed by atoms with Gasteiger partial charge in [-0.05, 0) is 36.4 Å². The summed E-state index contributed by atoms with van der Waals surface area (Å²) in [5.41, 5.74) is 6.68. The van der Waals surface area contributed by atoms with Crippen LogP contribution in [-0.4, -0.2) is 30.7 Å². The molecule has 8 nitrogen and oxygen atoms in total. The molecule has 0 fully saturated rings. The normalized spacial score (nSPS) is 11.3. The molecular weight excluding hydrogens is 354 g/mol. The predicted octanol–water partition coefficient (Wildman–Crippen LogP) is 1.50. The fraction of sp³-hybridized carbons (Fsp3) is 0.118. The first-order valence-electron chi connectivity index (χ1n) is 7.68. The predicted molar refractivity (Wildman–Crippen MR) is 95.7 cm³/mol. The van der Waals surface area contributed by atoms with Crippen LogP contribution in [0, 0.1) is 11.3 Å². The number of sulfonamides is 1. The number of carbonyl (C=O) groups is 1. The first-order valence-corrected chi connectivity index (χ1v) is 9.17. The molecule has 2 aromatic carbocycles. The summed E-state index contributed by atoms with van der Waals surface area (Å²) in [6.45, 7) is 0.0259. The lowest BCUT2D eigenvalue weighted by atomic mass is 10.2. The number of rotatable bonds is 5. The van der Waals surface area contributed by atoms with E-state index in [1.165, 1.54) is 28.9 Å². The molecule has 0 bridgehead atoms. The van der Waals surface area contributed by atoms with Gasteiger partial charge in [0.15, 0.2) is 5.82 Å². The maximum absolute atomic E-state index is 12.7. The zero-order chi connectivity index (χ0) is 18.7. The Morgan fingerprint density at radius 2 is 1.88 bits per heavy atom. The van der Waals surface area contributed by atoms with Gasteiger partial charge in [-0.15, -0.1) is 5.10 Å². The summed E-state index contributed by atoms with van der Waals surface area (Å²) in [7, 11) is -3.73. The number of nitriles is 1. The van der Waals surface area contributed by atoms with Crippen LogP contribution in [0.2, 0.25) is 0 Å². The number of nitrogens with two attached hydrogens (primary N) is 1. The lowest BCUT2D eigenvalue weighted by Crippen LogP contribution is -2.24. The van der Waals surface area contributed by atoms with Crippen molar-refractivity contribution >= 4 is 32.7 Å². The topological polar surface area (TPSA) is 131 Å². The molecule has 0 aliphatic rings. The molecule has 0 unspecified atom stereocenters. The number of fused-ring (bicyclic) bond motifs is 1. The molecule has 0 saturated carbocycles. The summed E-state index contributed by atoms with van der Waals surface area (Å²) >= 11 is 0. The number of nitrogen functional groups attached to an aromatic ring is 1. The maximum Gasteiger partial charge on any atom is 0.278 e. The molecule has 0 saturated heterocycles. The van der Waals surface area contributed by atoms with Crippen LogP contribution in [0.4, 0.5) is 5.82 Å². The third-order valence-corrected chi connectivity index (χ3v) is 5.23. The molecule has 3 N–H and O–H groups in total. The van der Waals surface area contributed by atoms with Crippen LogP contribution in [0.1, 0.15) is 16.8 Å². The van der Waals surface area contributed by atoms with Crippen molar-refractivity contribution in [2.24, 2.45) is 0 Å². The summed E-state index contributed by atoms with van der Waals surface area (Å²) in [4.78, 5) is 12.7. The molecule has 132 valence electrons. The monoisotopic (exact) mass is 369 g/mol. The van der Waals surface area contributed by atoms with E-state index in [-0.39, 0.29) is 29.2 Å². The van der Waals surface area contributed by atoms with Crippen molar-refractivity contribution in [1.82, 2.24) is 14.5 Å². The summed E-state index contributed by atoms with van der Waals surface area (Å²) in [5, 5.41) is 13.2. The standard InChI is InChI=1S/C17H15N5O3S/c18-10-3-11-20-26(24,25)13-8-6-12(7-9-13)17(23)22-15-5-2-1-4-14(15)16(19)21-22/h1-2,4-9,20H,3,11H2,(H2,19,21). The van der Waals surface area contributed by atoms with Gasteiger partial charge in [0, 0.05) is 23.9 Å². The number of hydrogen-bond donors (Lipinski definition) is 2. The first kappa shape index (κ1) is 17.6. The first-order chi connectivity index (χ1) is 12.4. The van der Waals surface area contributed by atoms with E-state index in [2.05, 4.69) is 9.82 Å². The van der Waals surface area contributed by atoms with Gasteiger partial charge < -0.3 is 5.73 Å². The zero-order valence-corrected chi connectivity index (χ0v) is 14.4. The highest BCUT2D eigenvalue weighted by Gasteiger charge is 2.18. The van der Waals surface area contributed by atoms with Crippen molar-refractivity contribution < 1.29 is 13.2 Å². The second kappa shape index (κ2) is 6.95. The van der Waals surface area contributed by atoms with Crippen molar-refractivity contribution in [3.05, 3.63) is 54.1 Å². The van der Waals surface area contributed by atoms with E-state index in [1.807, 2.05) is 6.07 Å². The van der Waals surface area contributed by atoms with E-state index in [0.717, 1.165) is 0 Å². The molecule has 0 aliphatic heterocycles. The Hall–Kier alpha value is -3.22. The van der Waals surface area contributed by atoms with E-state index in [9.17, 15) is 13.2 Å². The Morgan fingerprint density at radius 3 is 2.58 bits per heavy atom. The van der Waals surface area contributed by atoms with Gasteiger partial charge in [-0.2, -0.15) is 9.94 Å². The van der Waals surface area contributed by atoms with E-state index >= 15 is 0 Å². The second-order valence-corrected chi connectivity index (χ2v) is 7.22. The molecule has 1 aromatic heterocycles. The van der Waals surface area contributed by atoms with Crippen molar-refractivity contribution in [2.45, 2.75) is 11.3 Å². The number of aromatic nitrogens is 2. The average molecular weight is 369 g/mol. The minimum atomic E-state index is -3.73. The highest BCUT2D eigenvalue weighted by molar-refractivity contribution is 7.89. The maximum atomic E-state index is 12.7. The van der Waals surface area contributed by atoms with Gasteiger partial charge >= 0.3 is 0 Å². The molecule has 0 atom stereocenters. The van der Waals surface area contributed by atoms with Crippen LogP contribution < -0.4 is 10.5 Å². The van der Waals surface area contributed by atoms with Crippen LogP contribution in [0.3, 0.4) is 0 Å². The molecular formula is C17H15N5O3S. The second-order valence-electron chi connectivity index (χ2n) is 5.45. The summed E-state index contributed by atoms with van der Waals surface area (Å²) in [6, 6.07) is 14.4. The quantitative estimate of drug-likeness (QED) is 0.655. The number of carbonyl (C=O) groups excluding carboxylic acids is 1. The smallest absolute Gasteiger partial charge is 0.278 e. The van der Waals surface area contributed by atoms with Crippen molar-refractivity contribution in [1.29, 1.82) is 5.26 Å². The SMILES string of the molecule is N#CCCNS(=O)(=O)c1ccc(C(=O)n2nc(N)c3ccccc32)cc1. The lowest BCUT2D eigenvalue weighted by Gasteiger charge is -2.06. The van der Waals surface area contributed by atoms with Crippen molar-refractivity contribution in [3.63, 3.8) is 0 Å². The van der Waals surface area contributed by atoms with Crippen LogP contribution in [0.15, 0.2) is 53.4 Å². The summed E-state index contributed by atoms with van der Waals surface area (Å²) < 4.78 is 27.7. The van der Waals surface area contributed by atoms with E-state index in [1.54, 1.807) is 24.3 Å². The number of nitrogens with one attached hydrogen (secondary N) is 1. The average Bonchev–Trinajstić information content (AvgIpc) is 2.98.